The van der Waals surface area contributed by atoms with E-state index in [1.54, 1.807) is 43.3 Å². The smallest absolute Gasteiger partial charge is 0.255 e. The predicted octanol–water partition coefficient (Wildman–Crippen LogP) is 2.78. The molecule has 8 heteroatoms. The molecule has 150 valence electrons. The van der Waals surface area contributed by atoms with Crippen molar-refractivity contribution in [1.29, 1.82) is 0 Å². The maximum absolute atomic E-state index is 12.7. The Balaban J connectivity index is 2.31. The fraction of sp³-hybridized carbons (Fsp3) is 0.300. The first-order valence-corrected chi connectivity index (χ1v) is 10.7. The molecule has 0 saturated carbocycles. The highest BCUT2D eigenvalue weighted by molar-refractivity contribution is 7.92. The number of carbonyl (C=O) groups is 2. The Morgan fingerprint density at radius 1 is 1.07 bits per heavy atom. The summed E-state index contributed by atoms with van der Waals surface area (Å²) in [4.78, 5) is 25.0. The van der Waals surface area contributed by atoms with Crippen LogP contribution in [0.4, 0.5) is 11.4 Å². The van der Waals surface area contributed by atoms with Crippen LogP contribution in [-0.2, 0) is 10.0 Å². The number of benzene rings is 2. The standard InChI is InChI=1S/C20H25N3O4S/c1-5-12-21-20(25)16-8-6-7-9-17(16)22-19(24)15-11-10-14(2)18(13-15)23(3)28(4,26)27/h6-11,13H,5,12H2,1-4H3,(H,21,25)(H,22,24). The number of sulfonamides is 1. The molecule has 0 unspecified atom stereocenters. The number of para-hydroxylation sites is 1. The van der Waals surface area contributed by atoms with Crippen molar-refractivity contribution in [2.75, 3.05) is 29.5 Å². The Morgan fingerprint density at radius 2 is 1.75 bits per heavy atom. The zero-order valence-electron chi connectivity index (χ0n) is 16.4. The molecule has 0 fully saturated rings. The number of hydrogen-bond donors (Lipinski definition) is 2. The van der Waals surface area contributed by atoms with E-state index in [4.69, 9.17) is 0 Å². The molecule has 0 aliphatic heterocycles. The molecular formula is C20H25N3O4S. The van der Waals surface area contributed by atoms with Crippen LogP contribution in [-0.4, -0.2) is 40.1 Å². The number of anilines is 2. The monoisotopic (exact) mass is 403 g/mol. The molecule has 0 heterocycles. The van der Waals surface area contributed by atoms with Gasteiger partial charge in [0.15, 0.2) is 0 Å². The molecule has 0 atom stereocenters. The van der Waals surface area contributed by atoms with Gasteiger partial charge in [0.25, 0.3) is 11.8 Å². The maximum Gasteiger partial charge on any atom is 0.255 e. The average Bonchev–Trinajstić information content (AvgIpc) is 2.65. The van der Waals surface area contributed by atoms with Gasteiger partial charge in [0, 0.05) is 19.2 Å². The van der Waals surface area contributed by atoms with E-state index in [2.05, 4.69) is 10.6 Å². The van der Waals surface area contributed by atoms with Crippen LogP contribution in [0.2, 0.25) is 0 Å². The predicted molar refractivity (Wildman–Crippen MR) is 111 cm³/mol. The normalized spacial score (nSPS) is 11.0. The van der Waals surface area contributed by atoms with E-state index in [-0.39, 0.29) is 5.91 Å². The summed E-state index contributed by atoms with van der Waals surface area (Å²) in [5.41, 5.74) is 2.19. The summed E-state index contributed by atoms with van der Waals surface area (Å²) in [7, 11) is -2.02. The number of nitrogens with one attached hydrogen (secondary N) is 2. The quantitative estimate of drug-likeness (QED) is 0.743. The molecule has 2 aromatic carbocycles. The zero-order chi connectivity index (χ0) is 20.9. The van der Waals surface area contributed by atoms with Gasteiger partial charge in [-0.25, -0.2) is 8.42 Å². The molecule has 0 aliphatic rings. The molecule has 0 radical (unpaired) electrons. The first-order valence-electron chi connectivity index (χ1n) is 8.88. The molecule has 2 amide bonds. The molecule has 2 rings (SSSR count). The van der Waals surface area contributed by atoms with Gasteiger partial charge in [0.2, 0.25) is 10.0 Å². The summed E-state index contributed by atoms with van der Waals surface area (Å²) in [6.45, 7) is 4.27. The maximum atomic E-state index is 12.7. The molecule has 0 aromatic heterocycles. The van der Waals surface area contributed by atoms with Crippen LogP contribution < -0.4 is 14.9 Å². The minimum absolute atomic E-state index is 0.265. The summed E-state index contributed by atoms with van der Waals surface area (Å²) in [5.74, 6) is -0.696. The van der Waals surface area contributed by atoms with Crippen molar-refractivity contribution < 1.29 is 18.0 Å². The summed E-state index contributed by atoms with van der Waals surface area (Å²) < 4.78 is 24.8. The second-order valence-corrected chi connectivity index (χ2v) is 8.50. The van der Waals surface area contributed by atoms with Crippen molar-refractivity contribution in [3.05, 3.63) is 59.2 Å². The topological polar surface area (TPSA) is 95.6 Å². The van der Waals surface area contributed by atoms with Crippen molar-refractivity contribution in [2.45, 2.75) is 20.3 Å². The second-order valence-electron chi connectivity index (χ2n) is 6.49. The Bertz CT molecular complexity index is 987. The molecular weight excluding hydrogens is 378 g/mol. The molecule has 0 spiro atoms. The van der Waals surface area contributed by atoms with Crippen molar-refractivity contribution >= 4 is 33.2 Å². The SMILES string of the molecule is CCCNC(=O)c1ccccc1NC(=O)c1ccc(C)c(N(C)S(C)(=O)=O)c1. The highest BCUT2D eigenvalue weighted by Crippen LogP contribution is 2.24. The number of amides is 2. The average molecular weight is 404 g/mol. The van der Waals surface area contributed by atoms with Gasteiger partial charge < -0.3 is 10.6 Å². The molecule has 0 aliphatic carbocycles. The Morgan fingerprint density at radius 3 is 2.39 bits per heavy atom. The van der Waals surface area contributed by atoms with Crippen LogP contribution >= 0.6 is 0 Å². The van der Waals surface area contributed by atoms with E-state index in [1.165, 1.54) is 13.1 Å². The number of carbonyl (C=O) groups excluding carboxylic acids is 2. The Kier molecular flexibility index (Phi) is 6.80. The van der Waals surface area contributed by atoms with Crippen LogP contribution in [0.25, 0.3) is 0 Å². The van der Waals surface area contributed by atoms with Gasteiger partial charge in [-0.3, -0.25) is 13.9 Å². The van der Waals surface area contributed by atoms with Crippen molar-refractivity contribution in [3.63, 3.8) is 0 Å². The molecule has 28 heavy (non-hydrogen) atoms. The van der Waals surface area contributed by atoms with E-state index in [0.29, 0.717) is 29.0 Å². The molecule has 2 N–H and O–H groups in total. The third kappa shape index (κ3) is 5.10. The van der Waals surface area contributed by atoms with E-state index < -0.39 is 15.9 Å². The number of nitrogens with zero attached hydrogens (tertiary/aromatic N) is 1. The van der Waals surface area contributed by atoms with Crippen LogP contribution in [0.5, 0.6) is 0 Å². The zero-order valence-corrected chi connectivity index (χ0v) is 17.3. The Hall–Kier alpha value is -2.87. The lowest BCUT2D eigenvalue weighted by Crippen LogP contribution is -2.27. The number of hydrogen-bond acceptors (Lipinski definition) is 4. The molecule has 2 aromatic rings. The lowest BCUT2D eigenvalue weighted by atomic mass is 10.1. The van der Waals surface area contributed by atoms with Crippen LogP contribution in [0.3, 0.4) is 0 Å². The van der Waals surface area contributed by atoms with Crippen molar-refractivity contribution in [1.82, 2.24) is 5.32 Å². The van der Waals surface area contributed by atoms with Gasteiger partial charge >= 0.3 is 0 Å². The van der Waals surface area contributed by atoms with E-state index in [0.717, 1.165) is 22.5 Å². The lowest BCUT2D eigenvalue weighted by Gasteiger charge is -2.20. The summed E-state index contributed by atoms with van der Waals surface area (Å²) in [6, 6.07) is 11.6. The van der Waals surface area contributed by atoms with Gasteiger partial charge in [-0.15, -0.1) is 0 Å². The lowest BCUT2D eigenvalue weighted by molar-refractivity contribution is 0.0954. The first kappa shape index (κ1) is 21.4. The highest BCUT2D eigenvalue weighted by atomic mass is 32.2. The van der Waals surface area contributed by atoms with Gasteiger partial charge in [0.05, 0.1) is 23.2 Å². The second kappa shape index (κ2) is 8.88. The number of aryl methyl sites for hydroxylation is 1. The van der Waals surface area contributed by atoms with Crippen LogP contribution in [0.1, 0.15) is 39.6 Å². The molecule has 0 bridgehead atoms. The fourth-order valence-corrected chi connectivity index (χ4v) is 3.14. The number of rotatable bonds is 7. The van der Waals surface area contributed by atoms with Crippen molar-refractivity contribution in [2.24, 2.45) is 0 Å². The largest absolute Gasteiger partial charge is 0.352 e. The Labute approximate surface area is 165 Å². The minimum Gasteiger partial charge on any atom is -0.352 e. The van der Waals surface area contributed by atoms with Crippen LogP contribution in [0, 0.1) is 6.92 Å². The third-order valence-corrected chi connectivity index (χ3v) is 5.46. The van der Waals surface area contributed by atoms with Gasteiger partial charge in [-0.2, -0.15) is 0 Å². The van der Waals surface area contributed by atoms with E-state index in [1.807, 2.05) is 6.92 Å². The molecule has 0 saturated heterocycles. The first-order chi connectivity index (χ1) is 13.1. The van der Waals surface area contributed by atoms with E-state index >= 15 is 0 Å². The molecule has 7 nitrogen and oxygen atoms in total. The third-order valence-electron chi connectivity index (χ3n) is 4.26. The van der Waals surface area contributed by atoms with Crippen LogP contribution in [0.15, 0.2) is 42.5 Å². The summed E-state index contributed by atoms with van der Waals surface area (Å²) in [6.07, 6.45) is 1.91. The fourth-order valence-electron chi connectivity index (χ4n) is 2.59. The van der Waals surface area contributed by atoms with Gasteiger partial charge in [-0.05, 0) is 43.2 Å². The highest BCUT2D eigenvalue weighted by Gasteiger charge is 2.18. The summed E-state index contributed by atoms with van der Waals surface area (Å²) >= 11 is 0. The van der Waals surface area contributed by atoms with E-state index in [9.17, 15) is 18.0 Å². The van der Waals surface area contributed by atoms with Gasteiger partial charge in [0.1, 0.15) is 0 Å². The minimum atomic E-state index is -3.46. The van der Waals surface area contributed by atoms with Gasteiger partial charge in [-0.1, -0.05) is 25.1 Å². The summed E-state index contributed by atoms with van der Waals surface area (Å²) in [5, 5.41) is 5.53. The van der Waals surface area contributed by atoms with Crippen molar-refractivity contribution in [3.8, 4) is 0 Å².